The molecule has 0 amide bonds. The molecule has 0 bridgehead atoms. The molecule has 0 atom stereocenters. The number of aromatic nitrogens is 1. The number of nitrogens with zero attached hydrogens (tertiary/aromatic N) is 1. The molecule has 1 heterocycles. The number of ether oxygens (including phenoxy) is 1. The maximum atomic E-state index is 6.66. The van der Waals surface area contributed by atoms with Gasteiger partial charge in [-0.1, -0.05) is 24.3 Å². The highest BCUT2D eigenvalue weighted by molar-refractivity contribution is 5.43. The first-order chi connectivity index (χ1) is 10.0. The van der Waals surface area contributed by atoms with Crippen LogP contribution in [-0.2, 0) is 19.3 Å². The molecule has 2 aromatic rings. The van der Waals surface area contributed by atoms with Crippen molar-refractivity contribution >= 4 is 0 Å². The Hall–Kier alpha value is -1.87. The summed E-state index contributed by atoms with van der Waals surface area (Å²) < 4.78 is 5.49. The van der Waals surface area contributed by atoms with Crippen LogP contribution in [0.3, 0.4) is 0 Å². The van der Waals surface area contributed by atoms with E-state index in [2.05, 4.69) is 36.2 Å². The van der Waals surface area contributed by atoms with Gasteiger partial charge in [0.15, 0.2) is 0 Å². The second-order valence-corrected chi connectivity index (χ2v) is 6.21. The maximum absolute atomic E-state index is 6.66. The number of aryl methyl sites for hydroxylation is 1. The molecule has 1 aromatic heterocycles. The van der Waals surface area contributed by atoms with E-state index in [-0.39, 0.29) is 5.54 Å². The summed E-state index contributed by atoms with van der Waals surface area (Å²) in [5, 5.41) is 0. The minimum Gasteiger partial charge on any atom is -0.496 e. The Labute approximate surface area is 126 Å². The molecule has 0 saturated heterocycles. The molecule has 21 heavy (non-hydrogen) atoms. The minimum absolute atomic E-state index is 0.234. The van der Waals surface area contributed by atoms with Crippen molar-refractivity contribution in [2.45, 2.75) is 38.6 Å². The number of fused-ring (bicyclic) bond motifs is 1. The summed E-state index contributed by atoms with van der Waals surface area (Å²) in [5.41, 5.74) is 12.4. The van der Waals surface area contributed by atoms with Gasteiger partial charge in [-0.3, -0.25) is 4.98 Å². The zero-order valence-electron chi connectivity index (χ0n) is 12.9. The maximum Gasteiger partial charge on any atom is 0.128 e. The lowest BCUT2D eigenvalue weighted by Crippen LogP contribution is -2.43. The average molecular weight is 282 g/mol. The SMILES string of the molecule is COc1c(C)cnc(CC2(N)Cc3ccccc3C2)c1C. The largest absolute Gasteiger partial charge is 0.496 e. The van der Waals surface area contributed by atoms with Gasteiger partial charge in [0.25, 0.3) is 0 Å². The second-order valence-electron chi connectivity index (χ2n) is 6.21. The van der Waals surface area contributed by atoms with E-state index in [0.29, 0.717) is 0 Å². The van der Waals surface area contributed by atoms with E-state index in [0.717, 1.165) is 41.8 Å². The molecule has 1 aromatic carbocycles. The summed E-state index contributed by atoms with van der Waals surface area (Å²) in [7, 11) is 1.71. The van der Waals surface area contributed by atoms with Gasteiger partial charge < -0.3 is 10.5 Å². The van der Waals surface area contributed by atoms with E-state index in [4.69, 9.17) is 10.5 Å². The molecule has 0 saturated carbocycles. The lowest BCUT2D eigenvalue weighted by Gasteiger charge is -2.24. The summed E-state index contributed by atoms with van der Waals surface area (Å²) in [6.07, 6.45) is 4.50. The van der Waals surface area contributed by atoms with Gasteiger partial charge in [-0.05, 0) is 37.8 Å². The van der Waals surface area contributed by atoms with Crippen molar-refractivity contribution in [2.75, 3.05) is 7.11 Å². The average Bonchev–Trinajstić information content (AvgIpc) is 2.79. The normalized spacial score (nSPS) is 15.8. The first kappa shape index (κ1) is 14.1. The van der Waals surface area contributed by atoms with Crippen molar-refractivity contribution in [1.82, 2.24) is 4.98 Å². The Morgan fingerprint density at radius 1 is 1.19 bits per heavy atom. The fourth-order valence-corrected chi connectivity index (χ4v) is 3.43. The first-order valence-corrected chi connectivity index (χ1v) is 7.37. The number of methoxy groups -OCH3 is 1. The summed E-state index contributed by atoms with van der Waals surface area (Å²) in [4.78, 5) is 4.60. The van der Waals surface area contributed by atoms with E-state index < -0.39 is 0 Å². The predicted octanol–water partition coefficient (Wildman–Crippen LogP) is 2.75. The van der Waals surface area contributed by atoms with Crippen LogP contribution in [0.15, 0.2) is 30.5 Å². The fraction of sp³-hybridized carbons (Fsp3) is 0.389. The van der Waals surface area contributed by atoms with Crippen LogP contribution in [0.2, 0.25) is 0 Å². The van der Waals surface area contributed by atoms with E-state index in [1.807, 2.05) is 13.1 Å². The molecule has 2 N–H and O–H groups in total. The monoisotopic (exact) mass is 282 g/mol. The highest BCUT2D eigenvalue weighted by Gasteiger charge is 2.34. The van der Waals surface area contributed by atoms with Crippen LogP contribution < -0.4 is 10.5 Å². The third-order valence-electron chi connectivity index (χ3n) is 4.47. The lowest BCUT2D eigenvalue weighted by atomic mass is 9.89. The number of benzene rings is 1. The van der Waals surface area contributed by atoms with Crippen LogP contribution >= 0.6 is 0 Å². The Morgan fingerprint density at radius 2 is 1.81 bits per heavy atom. The van der Waals surface area contributed by atoms with Crippen LogP contribution in [0.5, 0.6) is 5.75 Å². The van der Waals surface area contributed by atoms with Gasteiger partial charge in [0.2, 0.25) is 0 Å². The summed E-state index contributed by atoms with van der Waals surface area (Å²) in [5.74, 6) is 0.930. The van der Waals surface area contributed by atoms with Gasteiger partial charge in [-0.2, -0.15) is 0 Å². The summed E-state index contributed by atoms with van der Waals surface area (Å²) in [6.45, 7) is 4.09. The number of rotatable bonds is 3. The molecule has 1 aliphatic carbocycles. The Morgan fingerprint density at radius 3 is 2.38 bits per heavy atom. The first-order valence-electron chi connectivity index (χ1n) is 7.37. The van der Waals surface area contributed by atoms with Crippen molar-refractivity contribution in [1.29, 1.82) is 0 Å². The van der Waals surface area contributed by atoms with Crippen molar-refractivity contribution < 1.29 is 4.74 Å². The van der Waals surface area contributed by atoms with Crippen molar-refractivity contribution in [3.8, 4) is 5.75 Å². The zero-order valence-corrected chi connectivity index (χ0v) is 12.9. The highest BCUT2D eigenvalue weighted by atomic mass is 16.5. The van der Waals surface area contributed by atoms with Gasteiger partial charge in [0.1, 0.15) is 5.75 Å². The van der Waals surface area contributed by atoms with E-state index >= 15 is 0 Å². The van der Waals surface area contributed by atoms with Gasteiger partial charge in [0.05, 0.1) is 7.11 Å². The predicted molar refractivity (Wildman–Crippen MR) is 84.7 cm³/mol. The van der Waals surface area contributed by atoms with Crippen LogP contribution in [0.25, 0.3) is 0 Å². The van der Waals surface area contributed by atoms with Crippen molar-refractivity contribution in [2.24, 2.45) is 5.73 Å². The van der Waals surface area contributed by atoms with Gasteiger partial charge in [0, 0.05) is 35.0 Å². The van der Waals surface area contributed by atoms with Crippen molar-refractivity contribution in [3.63, 3.8) is 0 Å². The Bertz CT molecular complexity index is 654. The molecule has 0 unspecified atom stereocenters. The third-order valence-corrected chi connectivity index (χ3v) is 4.47. The summed E-state index contributed by atoms with van der Waals surface area (Å²) in [6, 6.07) is 8.53. The van der Waals surface area contributed by atoms with Gasteiger partial charge in [-0.15, -0.1) is 0 Å². The van der Waals surface area contributed by atoms with E-state index in [1.165, 1.54) is 11.1 Å². The highest BCUT2D eigenvalue weighted by Crippen LogP contribution is 2.33. The quantitative estimate of drug-likeness (QED) is 0.941. The minimum atomic E-state index is -0.234. The number of nitrogens with two attached hydrogens (primary N) is 1. The molecule has 0 radical (unpaired) electrons. The van der Waals surface area contributed by atoms with Crippen LogP contribution in [0, 0.1) is 13.8 Å². The Balaban J connectivity index is 1.89. The lowest BCUT2D eigenvalue weighted by molar-refractivity contribution is 0.402. The molecule has 0 spiro atoms. The fourth-order valence-electron chi connectivity index (χ4n) is 3.43. The number of hydrogen-bond donors (Lipinski definition) is 1. The smallest absolute Gasteiger partial charge is 0.128 e. The number of pyridine rings is 1. The molecule has 110 valence electrons. The van der Waals surface area contributed by atoms with Crippen LogP contribution in [0.1, 0.15) is 27.9 Å². The zero-order chi connectivity index (χ0) is 15.0. The van der Waals surface area contributed by atoms with Gasteiger partial charge in [-0.25, -0.2) is 0 Å². The standard InChI is InChI=1S/C18H22N2O/c1-12-11-20-16(13(2)17(12)21-3)10-18(19)8-14-6-4-5-7-15(14)9-18/h4-7,11H,8-10,19H2,1-3H3. The molecule has 0 aliphatic heterocycles. The second kappa shape index (κ2) is 5.15. The van der Waals surface area contributed by atoms with Crippen molar-refractivity contribution in [3.05, 3.63) is 58.4 Å². The molecule has 3 rings (SSSR count). The molecule has 3 nitrogen and oxygen atoms in total. The Kier molecular flexibility index (Phi) is 3.46. The molecule has 0 fully saturated rings. The summed E-state index contributed by atoms with van der Waals surface area (Å²) >= 11 is 0. The molecular weight excluding hydrogens is 260 g/mol. The number of hydrogen-bond acceptors (Lipinski definition) is 3. The van der Waals surface area contributed by atoms with Gasteiger partial charge >= 0.3 is 0 Å². The van der Waals surface area contributed by atoms with E-state index in [1.54, 1.807) is 7.11 Å². The molecular formula is C18H22N2O. The van der Waals surface area contributed by atoms with Crippen LogP contribution in [-0.4, -0.2) is 17.6 Å². The van der Waals surface area contributed by atoms with Crippen LogP contribution in [0.4, 0.5) is 0 Å². The molecule has 3 heteroatoms. The topological polar surface area (TPSA) is 48.1 Å². The van der Waals surface area contributed by atoms with E-state index in [9.17, 15) is 0 Å². The molecule has 1 aliphatic rings. The third kappa shape index (κ3) is 2.54.